The van der Waals surface area contributed by atoms with E-state index in [1.54, 1.807) is 30.3 Å². The van der Waals surface area contributed by atoms with Crippen molar-refractivity contribution in [3.05, 3.63) is 58.9 Å². The summed E-state index contributed by atoms with van der Waals surface area (Å²) in [6.07, 6.45) is 0.713. The molecule has 3 rings (SSSR count). The highest BCUT2D eigenvalue weighted by molar-refractivity contribution is 6.31. The Hall–Kier alpha value is -2.86. The summed E-state index contributed by atoms with van der Waals surface area (Å²) < 4.78 is 10.7. The second kappa shape index (κ2) is 8.01. The van der Waals surface area contributed by atoms with E-state index in [-0.39, 0.29) is 12.5 Å². The van der Waals surface area contributed by atoms with Crippen molar-refractivity contribution in [1.82, 2.24) is 10.1 Å². The van der Waals surface area contributed by atoms with Gasteiger partial charge in [0.2, 0.25) is 0 Å². The van der Waals surface area contributed by atoms with Crippen molar-refractivity contribution in [3.63, 3.8) is 0 Å². The van der Waals surface area contributed by atoms with E-state index in [9.17, 15) is 4.79 Å². The molecule has 0 unspecified atom stereocenters. The lowest BCUT2D eigenvalue weighted by Gasteiger charge is -2.09. The Morgan fingerprint density at radius 3 is 2.65 bits per heavy atom. The van der Waals surface area contributed by atoms with Crippen molar-refractivity contribution >= 4 is 23.2 Å². The first-order valence-corrected chi connectivity index (χ1v) is 8.55. The third kappa shape index (κ3) is 4.40. The Morgan fingerprint density at radius 1 is 1.23 bits per heavy atom. The van der Waals surface area contributed by atoms with Gasteiger partial charge in [-0.1, -0.05) is 23.7 Å². The van der Waals surface area contributed by atoms with Crippen LogP contribution in [-0.2, 0) is 11.2 Å². The fourth-order valence-corrected chi connectivity index (χ4v) is 2.38. The van der Waals surface area contributed by atoms with E-state index in [4.69, 9.17) is 20.9 Å². The molecule has 0 saturated carbocycles. The van der Waals surface area contributed by atoms with Gasteiger partial charge in [0.15, 0.2) is 12.4 Å². The smallest absolute Gasteiger partial charge is 0.262 e. The largest absolute Gasteiger partial charge is 0.484 e. The van der Waals surface area contributed by atoms with Crippen LogP contribution in [0.1, 0.15) is 18.3 Å². The molecule has 0 saturated heterocycles. The van der Waals surface area contributed by atoms with Crippen LogP contribution in [0.4, 0.5) is 5.69 Å². The first-order valence-electron chi connectivity index (χ1n) is 8.17. The minimum Gasteiger partial charge on any atom is -0.484 e. The Balaban J connectivity index is 1.56. The Morgan fingerprint density at radius 2 is 2.00 bits per heavy atom. The lowest BCUT2D eigenvalue weighted by Crippen LogP contribution is -2.20. The molecule has 1 N–H and O–H groups in total. The fourth-order valence-electron chi connectivity index (χ4n) is 2.26. The van der Waals surface area contributed by atoms with Gasteiger partial charge in [0.25, 0.3) is 11.8 Å². The van der Waals surface area contributed by atoms with E-state index in [2.05, 4.69) is 15.5 Å². The number of halogens is 1. The summed E-state index contributed by atoms with van der Waals surface area (Å²) in [5, 5.41) is 7.30. The number of hydrogen-bond acceptors (Lipinski definition) is 5. The minimum atomic E-state index is -0.253. The zero-order chi connectivity index (χ0) is 18.5. The number of benzene rings is 2. The number of anilines is 1. The van der Waals surface area contributed by atoms with Crippen LogP contribution in [0.5, 0.6) is 5.75 Å². The molecule has 0 spiro atoms. The zero-order valence-corrected chi connectivity index (χ0v) is 15.2. The topological polar surface area (TPSA) is 77.2 Å². The van der Waals surface area contributed by atoms with E-state index in [0.29, 0.717) is 34.6 Å². The quantitative estimate of drug-likeness (QED) is 0.699. The lowest BCUT2D eigenvalue weighted by molar-refractivity contribution is -0.118. The summed E-state index contributed by atoms with van der Waals surface area (Å²) in [6.45, 7) is 3.75. The molecule has 0 atom stereocenters. The van der Waals surface area contributed by atoms with Crippen molar-refractivity contribution in [2.75, 3.05) is 11.9 Å². The van der Waals surface area contributed by atoms with Crippen LogP contribution in [0.2, 0.25) is 5.02 Å². The molecule has 0 bridgehead atoms. The zero-order valence-electron chi connectivity index (χ0n) is 14.5. The van der Waals surface area contributed by atoms with Gasteiger partial charge in [-0.15, -0.1) is 0 Å². The summed E-state index contributed by atoms with van der Waals surface area (Å²) in [6, 6.07) is 12.4. The number of ether oxygens (including phenoxy) is 1. The molecular formula is C19H18ClN3O3. The average molecular weight is 372 g/mol. The van der Waals surface area contributed by atoms with Crippen molar-refractivity contribution in [3.8, 4) is 17.2 Å². The minimum absolute atomic E-state index is 0.0909. The van der Waals surface area contributed by atoms with Gasteiger partial charge in [0, 0.05) is 22.7 Å². The van der Waals surface area contributed by atoms with Crippen molar-refractivity contribution in [2.24, 2.45) is 0 Å². The second-order valence-electron chi connectivity index (χ2n) is 5.69. The molecule has 6 nitrogen and oxygen atoms in total. The van der Waals surface area contributed by atoms with Gasteiger partial charge in [0.1, 0.15) is 5.75 Å². The number of carbonyl (C=O) groups is 1. The first-order chi connectivity index (χ1) is 12.5. The predicted molar refractivity (Wildman–Crippen MR) is 99.4 cm³/mol. The number of nitrogens with one attached hydrogen (secondary N) is 1. The van der Waals surface area contributed by atoms with Crippen LogP contribution in [0.3, 0.4) is 0 Å². The van der Waals surface area contributed by atoms with E-state index in [1.165, 1.54) is 0 Å². The molecule has 26 heavy (non-hydrogen) atoms. The highest BCUT2D eigenvalue weighted by Gasteiger charge is 2.09. The molecule has 3 aromatic rings. The highest BCUT2D eigenvalue weighted by Crippen LogP contribution is 2.22. The summed E-state index contributed by atoms with van der Waals surface area (Å²) in [7, 11) is 0. The normalized spacial score (nSPS) is 10.6. The number of aryl methyl sites for hydroxylation is 2. The van der Waals surface area contributed by atoms with E-state index < -0.39 is 0 Å². The highest BCUT2D eigenvalue weighted by atomic mass is 35.5. The van der Waals surface area contributed by atoms with Gasteiger partial charge in [0.05, 0.1) is 0 Å². The van der Waals surface area contributed by atoms with Crippen molar-refractivity contribution in [1.29, 1.82) is 0 Å². The monoisotopic (exact) mass is 371 g/mol. The van der Waals surface area contributed by atoms with Gasteiger partial charge >= 0.3 is 0 Å². The molecule has 2 aromatic carbocycles. The van der Waals surface area contributed by atoms with Gasteiger partial charge < -0.3 is 14.6 Å². The number of nitrogens with zero attached hydrogens (tertiary/aromatic N) is 2. The van der Waals surface area contributed by atoms with E-state index in [1.807, 2.05) is 26.0 Å². The Labute approximate surface area is 156 Å². The van der Waals surface area contributed by atoms with Gasteiger partial charge in [-0.05, 0) is 55.0 Å². The molecule has 0 fully saturated rings. The van der Waals surface area contributed by atoms with Crippen LogP contribution in [0, 0.1) is 6.92 Å². The second-order valence-corrected chi connectivity index (χ2v) is 6.10. The maximum atomic E-state index is 12.0. The van der Waals surface area contributed by atoms with Crippen molar-refractivity contribution in [2.45, 2.75) is 20.3 Å². The van der Waals surface area contributed by atoms with Crippen molar-refractivity contribution < 1.29 is 14.1 Å². The predicted octanol–water partition coefficient (Wildman–Crippen LogP) is 4.28. The average Bonchev–Trinajstić information content (AvgIpc) is 3.12. The van der Waals surface area contributed by atoms with Crippen LogP contribution >= 0.6 is 11.6 Å². The number of amides is 1. The number of rotatable bonds is 6. The van der Waals surface area contributed by atoms with Crippen LogP contribution in [0.25, 0.3) is 11.5 Å². The fraction of sp³-hybridized carbons (Fsp3) is 0.211. The molecule has 1 aromatic heterocycles. The Kier molecular flexibility index (Phi) is 5.53. The van der Waals surface area contributed by atoms with Gasteiger partial charge in [-0.2, -0.15) is 4.98 Å². The SMILES string of the molecule is CCc1noc(-c2ccc(NC(=O)COc3ccc(Cl)c(C)c3)cc2)n1. The molecule has 0 aliphatic rings. The first kappa shape index (κ1) is 17.9. The number of hydrogen-bond donors (Lipinski definition) is 1. The van der Waals surface area contributed by atoms with E-state index >= 15 is 0 Å². The lowest BCUT2D eigenvalue weighted by atomic mass is 10.2. The molecule has 1 amide bonds. The van der Waals surface area contributed by atoms with Gasteiger partial charge in [-0.25, -0.2) is 0 Å². The van der Waals surface area contributed by atoms with Crippen LogP contribution < -0.4 is 10.1 Å². The summed E-state index contributed by atoms with van der Waals surface area (Å²) in [4.78, 5) is 16.3. The standard InChI is InChI=1S/C19H18ClN3O3/c1-3-17-22-19(26-23-17)13-4-6-14(7-5-13)21-18(24)11-25-15-8-9-16(20)12(2)10-15/h4-10H,3,11H2,1-2H3,(H,21,24). The van der Waals surface area contributed by atoms with Crippen LogP contribution in [-0.4, -0.2) is 22.7 Å². The molecule has 1 heterocycles. The molecule has 0 radical (unpaired) electrons. The van der Waals surface area contributed by atoms with Crippen LogP contribution in [0.15, 0.2) is 47.0 Å². The van der Waals surface area contributed by atoms with Gasteiger partial charge in [-0.3, -0.25) is 4.79 Å². The maximum Gasteiger partial charge on any atom is 0.262 e. The number of carbonyl (C=O) groups excluding carboxylic acids is 1. The molecule has 7 heteroatoms. The third-order valence-corrected chi connectivity index (χ3v) is 4.12. The summed E-state index contributed by atoms with van der Waals surface area (Å²) in [5.41, 5.74) is 2.35. The van der Waals surface area contributed by atoms with E-state index in [0.717, 1.165) is 11.1 Å². The molecule has 134 valence electrons. The summed E-state index contributed by atoms with van der Waals surface area (Å²) >= 11 is 5.97. The molecule has 0 aliphatic carbocycles. The molecular weight excluding hydrogens is 354 g/mol. The summed E-state index contributed by atoms with van der Waals surface area (Å²) in [5.74, 6) is 1.46. The maximum absolute atomic E-state index is 12.0. The number of aromatic nitrogens is 2. The molecule has 0 aliphatic heterocycles. The Bertz CT molecular complexity index is 907. The third-order valence-electron chi connectivity index (χ3n) is 3.70.